The van der Waals surface area contributed by atoms with E-state index in [1.165, 1.54) is 199 Å². The van der Waals surface area contributed by atoms with Crippen molar-refractivity contribution in [1.29, 1.82) is 0 Å². The molecule has 4 rings (SSSR count). The van der Waals surface area contributed by atoms with E-state index in [4.69, 9.17) is 0 Å². The minimum absolute atomic E-state index is 0.158. The van der Waals surface area contributed by atoms with Crippen LogP contribution in [-0.2, 0) is 5.41 Å². The van der Waals surface area contributed by atoms with E-state index in [1.54, 1.807) is 22.3 Å². The van der Waals surface area contributed by atoms with Gasteiger partial charge in [0.25, 0.3) is 0 Å². The second kappa shape index (κ2) is 26.1. The molecule has 0 amide bonds. The maximum absolute atomic E-state index is 3.02. The third-order valence-electron chi connectivity index (χ3n) is 16.1. The molecule has 350 valence electrons. The van der Waals surface area contributed by atoms with Gasteiger partial charge in [-0.05, 0) is 106 Å². The fourth-order valence-electron chi connectivity index (χ4n) is 14.3. The summed E-state index contributed by atoms with van der Waals surface area (Å²) in [5.74, 6) is 2.11. The Morgan fingerprint density at radius 1 is 0.541 bits per heavy atom. The predicted molar refractivity (Wildman–Crippen MR) is 277 cm³/mol. The van der Waals surface area contributed by atoms with Crippen molar-refractivity contribution in [3.63, 3.8) is 0 Å². The number of benzene rings is 1. The molecule has 0 spiro atoms. The maximum Gasteiger partial charge on any atom is 0.127 e. The molecule has 0 N–H and O–H groups in total. The van der Waals surface area contributed by atoms with Gasteiger partial charge >= 0.3 is 0 Å². The number of rotatable bonds is 32. The molecule has 1 saturated carbocycles. The molecule has 61 heavy (non-hydrogen) atoms. The van der Waals surface area contributed by atoms with E-state index < -0.39 is 8.24 Å². The van der Waals surface area contributed by atoms with Crippen LogP contribution in [0.1, 0.15) is 272 Å². The molecule has 0 aliphatic heterocycles. The van der Waals surface area contributed by atoms with Gasteiger partial charge in [-0.15, -0.1) is 0 Å². The zero-order valence-corrected chi connectivity index (χ0v) is 44.1. The summed E-state index contributed by atoms with van der Waals surface area (Å²) in [5, 5.41) is 0. The van der Waals surface area contributed by atoms with E-state index in [0.29, 0.717) is 11.8 Å². The summed E-state index contributed by atoms with van der Waals surface area (Å²) in [5.41, 5.74) is 8.02. The molecular weight excluding hydrogens is 751 g/mol. The largest absolute Gasteiger partial charge is 0.314 e. The highest BCUT2D eigenvalue weighted by Crippen LogP contribution is 2.63. The van der Waals surface area contributed by atoms with Gasteiger partial charge in [0, 0.05) is 16.5 Å². The Hall–Kier alpha value is -1.12. The summed E-state index contributed by atoms with van der Waals surface area (Å²) >= 11 is 0. The second-order valence-corrected chi connectivity index (χ2v) is 28.2. The molecule has 0 radical (unpaired) electrons. The van der Waals surface area contributed by atoms with E-state index in [9.17, 15) is 0 Å². The van der Waals surface area contributed by atoms with Gasteiger partial charge < -0.3 is 4.57 Å². The van der Waals surface area contributed by atoms with Crippen molar-refractivity contribution in [2.24, 2.45) is 17.8 Å². The molecule has 4 atom stereocenters. The van der Waals surface area contributed by atoms with Crippen LogP contribution in [0.2, 0.25) is 18.6 Å². The Kier molecular flexibility index (Phi) is 22.5. The van der Waals surface area contributed by atoms with Gasteiger partial charge in [-0.3, -0.25) is 0 Å². The van der Waals surface area contributed by atoms with Gasteiger partial charge in [-0.1, -0.05) is 250 Å². The van der Waals surface area contributed by atoms with Crippen LogP contribution in [0.15, 0.2) is 42.0 Å². The second-order valence-electron chi connectivity index (χ2n) is 23.8. The SMILES string of the molecule is CCCCCCCCCCCCCCCCC1(CCCCCCCCCCCCCCCC)C2=CC3CC(C)C([Si](C)(C)N(C(C)(C)C)C(C)(C)C)C3C=C2c2ccccc21. The summed E-state index contributed by atoms with van der Waals surface area (Å²) in [6.45, 7) is 27.7. The zero-order valence-electron chi connectivity index (χ0n) is 43.1. The summed E-state index contributed by atoms with van der Waals surface area (Å²) in [4.78, 5) is 0. The van der Waals surface area contributed by atoms with E-state index in [0.717, 1.165) is 11.5 Å². The lowest BCUT2D eigenvalue weighted by atomic mass is 9.68. The van der Waals surface area contributed by atoms with Crippen molar-refractivity contribution < 1.29 is 0 Å². The number of hydrogen-bond acceptors (Lipinski definition) is 1. The molecule has 0 aromatic heterocycles. The highest BCUT2D eigenvalue weighted by Gasteiger charge is 2.57. The van der Waals surface area contributed by atoms with E-state index in [1.807, 2.05) is 0 Å². The van der Waals surface area contributed by atoms with Gasteiger partial charge in [0.05, 0.1) is 0 Å². The van der Waals surface area contributed by atoms with Crippen LogP contribution in [-0.4, -0.2) is 23.9 Å². The summed E-state index contributed by atoms with van der Waals surface area (Å²) < 4.78 is 3.02. The lowest BCUT2D eigenvalue weighted by molar-refractivity contribution is 0.121. The molecule has 1 aromatic carbocycles. The Morgan fingerprint density at radius 2 is 0.918 bits per heavy atom. The average Bonchev–Trinajstić information content (AvgIpc) is 3.66. The Bertz CT molecular complexity index is 1370. The fraction of sp³-hybridized carbons (Fsp3) is 0.831. The highest BCUT2D eigenvalue weighted by molar-refractivity contribution is 6.76. The highest BCUT2D eigenvalue weighted by atomic mass is 28.3. The molecule has 0 saturated heterocycles. The van der Waals surface area contributed by atoms with Crippen LogP contribution in [0.25, 0.3) is 5.57 Å². The maximum atomic E-state index is 3.02. The van der Waals surface area contributed by atoms with Gasteiger partial charge in [0.1, 0.15) is 8.24 Å². The molecule has 0 bridgehead atoms. The average molecular weight is 857 g/mol. The first-order valence-electron chi connectivity index (χ1n) is 27.5. The molecule has 1 nitrogen and oxygen atoms in total. The van der Waals surface area contributed by atoms with Crippen molar-refractivity contribution in [2.75, 3.05) is 0 Å². The third kappa shape index (κ3) is 15.2. The first-order chi connectivity index (χ1) is 29.2. The van der Waals surface area contributed by atoms with Gasteiger partial charge in [0.15, 0.2) is 0 Å². The van der Waals surface area contributed by atoms with Gasteiger partial charge in [0.2, 0.25) is 0 Å². The first-order valence-corrected chi connectivity index (χ1v) is 30.6. The minimum atomic E-state index is -1.86. The Balaban J connectivity index is 1.42. The lowest BCUT2D eigenvalue weighted by Crippen LogP contribution is -2.67. The standard InChI is InChI=1S/C59H105NSi/c1-12-14-16-18-20-22-24-26-28-30-32-34-36-40-44-59(45-41-37-35-33-31-29-27-25-23-21-19-17-15-13-2)54-43-39-38-42-51(54)53-48-52-50(47-55(53)59)46-49(3)56(52)61(10,11)60(57(4,5)6)58(7,8)9/h38-39,42-43,47-50,52,56H,12-37,40-41,44-46H2,1-11H3. The number of unbranched alkanes of at least 4 members (excludes halogenated alkanes) is 26. The van der Waals surface area contributed by atoms with Crippen LogP contribution in [0.4, 0.5) is 0 Å². The number of allylic oxidation sites excluding steroid dienone is 4. The first kappa shape index (κ1) is 52.5. The van der Waals surface area contributed by atoms with E-state index >= 15 is 0 Å². The Morgan fingerprint density at radius 3 is 1.31 bits per heavy atom. The van der Waals surface area contributed by atoms with Crippen molar-refractivity contribution in [2.45, 2.75) is 296 Å². The topological polar surface area (TPSA) is 3.24 Å². The van der Waals surface area contributed by atoms with Crippen LogP contribution in [0.5, 0.6) is 0 Å². The number of hydrogen-bond donors (Lipinski definition) is 0. The fourth-order valence-corrected chi connectivity index (χ4v) is 20.8. The van der Waals surface area contributed by atoms with Gasteiger partial charge in [-0.2, -0.15) is 0 Å². The quantitative estimate of drug-likeness (QED) is 0.0515. The summed E-state index contributed by atoms with van der Waals surface area (Å²) in [6, 6.07) is 9.85. The van der Waals surface area contributed by atoms with Crippen LogP contribution >= 0.6 is 0 Å². The third-order valence-corrected chi connectivity index (χ3v) is 21.2. The van der Waals surface area contributed by atoms with Gasteiger partial charge in [-0.25, -0.2) is 0 Å². The predicted octanol–water partition coefficient (Wildman–Crippen LogP) is 19.8. The lowest BCUT2D eigenvalue weighted by Gasteiger charge is -2.57. The van der Waals surface area contributed by atoms with Crippen LogP contribution in [0.3, 0.4) is 0 Å². The summed E-state index contributed by atoms with van der Waals surface area (Å²) in [7, 11) is -1.86. The van der Waals surface area contributed by atoms with E-state index in [-0.39, 0.29) is 16.5 Å². The zero-order chi connectivity index (χ0) is 44.4. The van der Waals surface area contributed by atoms with E-state index in [2.05, 4.69) is 116 Å². The molecule has 3 aliphatic carbocycles. The minimum Gasteiger partial charge on any atom is -0.314 e. The smallest absolute Gasteiger partial charge is 0.127 e. The normalized spacial score (nSPS) is 21.1. The Labute approximate surface area is 384 Å². The molecule has 1 aromatic rings. The molecule has 2 heteroatoms. The monoisotopic (exact) mass is 856 g/mol. The summed E-state index contributed by atoms with van der Waals surface area (Å²) in [6.07, 6.45) is 50.1. The molecule has 4 unspecified atom stereocenters. The molecule has 3 aliphatic rings. The molecule has 1 fully saturated rings. The number of nitrogens with zero attached hydrogens (tertiary/aromatic N) is 1. The van der Waals surface area contributed by atoms with Crippen molar-refractivity contribution >= 4 is 13.8 Å². The van der Waals surface area contributed by atoms with Crippen molar-refractivity contribution in [3.8, 4) is 0 Å². The van der Waals surface area contributed by atoms with Crippen molar-refractivity contribution in [3.05, 3.63) is 53.1 Å². The van der Waals surface area contributed by atoms with Crippen LogP contribution in [0, 0.1) is 17.8 Å². The van der Waals surface area contributed by atoms with Crippen molar-refractivity contribution in [1.82, 2.24) is 4.57 Å². The van der Waals surface area contributed by atoms with Crippen LogP contribution < -0.4 is 0 Å². The molecule has 0 heterocycles. The number of fused-ring (bicyclic) bond motifs is 4. The molecular formula is C59H105NSi.